The largest absolute Gasteiger partial charge is 0.465 e. The molecular formula is C22H22N2O4. The summed E-state index contributed by atoms with van der Waals surface area (Å²) in [5.74, 6) is -0.0516. The van der Waals surface area contributed by atoms with Crippen molar-refractivity contribution in [3.8, 4) is 0 Å². The van der Waals surface area contributed by atoms with Gasteiger partial charge in [-0.1, -0.05) is 30.3 Å². The first-order chi connectivity index (χ1) is 13.7. The number of carbonyl (C=O) groups excluding carboxylic acids is 2. The lowest BCUT2D eigenvalue weighted by atomic mass is 10.1. The number of methoxy groups -OCH3 is 1. The summed E-state index contributed by atoms with van der Waals surface area (Å²) >= 11 is 0. The molecule has 0 aliphatic carbocycles. The summed E-state index contributed by atoms with van der Waals surface area (Å²) in [7, 11) is 1.34. The lowest BCUT2D eigenvalue weighted by Crippen LogP contribution is -2.13. The van der Waals surface area contributed by atoms with Crippen molar-refractivity contribution in [2.24, 2.45) is 0 Å². The molecule has 6 heteroatoms. The highest BCUT2D eigenvalue weighted by Crippen LogP contribution is 2.23. The van der Waals surface area contributed by atoms with Crippen LogP contribution in [0.3, 0.4) is 0 Å². The molecule has 1 aromatic heterocycles. The summed E-state index contributed by atoms with van der Waals surface area (Å²) < 4.78 is 10.3. The third-order valence-corrected chi connectivity index (χ3v) is 4.25. The van der Waals surface area contributed by atoms with E-state index in [-0.39, 0.29) is 5.91 Å². The maximum Gasteiger partial charge on any atom is 0.337 e. The Morgan fingerprint density at radius 2 is 1.89 bits per heavy atom. The van der Waals surface area contributed by atoms with Crippen LogP contribution in [0.25, 0.3) is 10.8 Å². The predicted octanol–water partition coefficient (Wildman–Crippen LogP) is 3.96. The molecule has 3 rings (SSSR count). The van der Waals surface area contributed by atoms with Gasteiger partial charge in [0, 0.05) is 24.6 Å². The number of ether oxygens (including phenoxy) is 2. The minimum atomic E-state index is -0.403. The van der Waals surface area contributed by atoms with E-state index in [0.29, 0.717) is 37.4 Å². The molecule has 0 spiro atoms. The molecule has 144 valence electrons. The van der Waals surface area contributed by atoms with Crippen LogP contribution in [0.2, 0.25) is 0 Å². The number of amides is 1. The first-order valence-corrected chi connectivity index (χ1v) is 9.06. The molecule has 0 bridgehead atoms. The van der Waals surface area contributed by atoms with Crippen molar-refractivity contribution in [1.82, 2.24) is 4.98 Å². The maximum atomic E-state index is 12.2. The van der Waals surface area contributed by atoms with Gasteiger partial charge in [0.25, 0.3) is 0 Å². The Labute approximate surface area is 163 Å². The van der Waals surface area contributed by atoms with Crippen LogP contribution in [0, 0.1) is 0 Å². The highest BCUT2D eigenvalue weighted by Gasteiger charge is 2.10. The minimum absolute atomic E-state index is 0.125. The van der Waals surface area contributed by atoms with E-state index in [1.165, 1.54) is 7.11 Å². The molecule has 28 heavy (non-hydrogen) atoms. The Hall–Kier alpha value is -3.25. The Morgan fingerprint density at radius 3 is 2.68 bits per heavy atom. The number of esters is 1. The van der Waals surface area contributed by atoms with Crippen molar-refractivity contribution in [2.45, 2.75) is 19.4 Å². The molecule has 0 aliphatic heterocycles. The molecule has 2 aromatic carbocycles. The molecule has 0 radical (unpaired) electrons. The Kier molecular flexibility index (Phi) is 6.70. The molecular weight excluding hydrogens is 356 g/mol. The van der Waals surface area contributed by atoms with Crippen molar-refractivity contribution in [1.29, 1.82) is 0 Å². The SMILES string of the molecule is COC(=O)c1ccc2c(NC(=O)CCCOCc3ccccc3)nccc2c1. The molecule has 0 aliphatic rings. The first kappa shape index (κ1) is 19.5. The van der Waals surface area contributed by atoms with Gasteiger partial charge in [-0.05, 0) is 41.6 Å². The van der Waals surface area contributed by atoms with Gasteiger partial charge in [-0.2, -0.15) is 0 Å². The average molecular weight is 378 g/mol. The van der Waals surface area contributed by atoms with Crippen LogP contribution in [0.5, 0.6) is 0 Å². The minimum Gasteiger partial charge on any atom is -0.465 e. The molecule has 1 heterocycles. The number of nitrogens with one attached hydrogen (secondary N) is 1. The summed E-state index contributed by atoms with van der Waals surface area (Å²) in [6.45, 7) is 1.05. The van der Waals surface area contributed by atoms with Crippen LogP contribution in [-0.4, -0.2) is 30.6 Å². The number of hydrogen-bond donors (Lipinski definition) is 1. The molecule has 0 atom stereocenters. The summed E-state index contributed by atoms with van der Waals surface area (Å²) in [6.07, 6.45) is 2.56. The Bertz CT molecular complexity index is 957. The van der Waals surface area contributed by atoms with Crippen molar-refractivity contribution < 1.29 is 19.1 Å². The molecule has 0 fully saturated rings. The average Bonchev–Trinajstić information content (AvgIpc) is 2.73. The zero-order chi connectivity index (χ0) is 19.8. The molecule has 3 aromatic rings. The number of nitrogens with zero attached hydrogens (tertiary/aromatic N) is 1. The standard InChI is InChI=1S/C22H22N2O4/c1-27-22(26)18-9-10-19-17(14-18)11-12-23-21(19)24-20(25)8-5-13-28-15-16-6-3-2-4-7-16/h2-4,6-7,9-12,14H,5,8,13,15H2,1H3,(H,23,24,25). The number of benzene rings is 2. The van der Waals surface area contributed by atoms with Crippen LogP contribution in [0.15, 0.2) is 60.8 Å². The van der Waals surface area contributed by atoms with Crippen molar-refractivity contribution >= 4 is 28.5 Å². The molecule has 0 saturated carbocycles. The number of carbonyl (C=O) groups is 2. The van der Waals surface area contributed by atoms with E-state index in [1.807, 2.05) is 30.3 Å². The van der Waals surface area contributed by atoms with Gasteiger partial charge < -0.3 is 14.8 Å². The van der Waals surface area contributed by atoms with Gasteiger partial charge in [-0.15, -0.1) is 0 Å². The lowest BCUT2D eigenvalue weighted by molar-refractivity contribution is -0.116. The zero-order valence-electron chi connectivity index (χ0n) is 15.7. The quantitative estimate of drug-likeness (QED) is 0.474. The summed E-state index contributed by atoms with van der Waals surface area (Å²) in [5, 5.41) is 4.41. The number of aromatic nitrogens is 1. The van der Waals surface area contributed by atoms with Gasteiger partial charge in [0.2, 0.25) is 5.91 Å². The van der Waals surface area contributed by atoms with Crippen LogP contribution < -0.4 is 5.32 Å². The van der Waals surface area contributed by atoms with E-state index in [0.717, 1.165) is 16.3 Å². The van der Waals surface area contributed by atoms with Crippen LogP contribution in [-0.2, 0) is 20.9 Å². The monoisotopic (exact) mass is 378 g/mol. The number of fused-ring (bicyclic) bond motifs is 1. The molecule has 0 saturated heterocycles. The fraction of sp³-hybridized carbons (Fsp3) is 0.227. The fourth-order valence-corrected chi connectivity index (χ4v) is 2.82. The lowest BCUT2D eigenvalue weighted by Gasteiger charge is -2.09. The predicted molar refractivity (Wildman–Crippen MR) is 107 cm³/mol. The highest BCUT2D eigenvalue weighted by molar-refractivity contribution is 6.02. The van der Waals surface area contributed by atoms with Gasteiger partial charge in [0.05, 0.1) is 19.3 Å². The summed E-state index contributed by atoms with van der Waals surface area (Å²) in [6, 6.07) is 16.8. The molecule has 1 N–H and O–H groups in total. The number of hydrogen-bond acceptors (Lipinski definition) is 5. The summed E-state index contributed by atoms with van der Waals surface area (Å²) in [5.41, 5.74) is 1.56. The van der Waals surface area contributed by atoms with Gasteiger partial charge in [-0.3, -0.25) is 4.79 Å². The normalized spacial score (nSPS) is 10.6. The van der Waals surface area contributed by atoms with Crippen molar-refractivity contribution in [2.75, 3.05) is 19.0 Å². The highest BCUT2D eigenvalue weighted by atomic mass is 16.5. The van der Waals surface area contributed by atoms with E-state index in [1.54, 1.807) is 30.5 Å². The number of rotatable bonds is 8. The van der Waals surface area contributed by atoms with Crippen LogP contribution in [0.4, 0.5) is 5.82 Å². The third-order valence-electron chi connectivity index (χ3n) is 4.25. The molecule has 0 unspecified atom stereocenters. The van der Waals surface area contributed by atoms with E-state index >= 15 is 0 Å². The van der Waals surface area contributed by atoms with Gasteiger partial charge in [0.15, 0.2) is 0 Å². The van der Waals surface area contributed by atoms with E-state index in [4.69, 9.17) is 9.47 Å². The first-order valence-electron chi connectivity index (χ1n) is 9.06. The van der Waals surface area contributed by atoms with Gasteiger partial charge in [-0.25, -0.2) is 9.78 Å². The Morgan fingerprint density at radius 1 is 1.07 bits per heavy atom. The van der Waals surface area contributed by atoms with Gasteiger partial charge >= 0.3 is 5.97 Å². The zero-order valence-corrected chi connectivity index (χ0v) is 15.7. The summed E-state index contributed by atoms with van der Waals surface area (Å²) in [4.78, 5) is 28.1. The second-order valence-electron chi connectivity index (χ2n) is 6.28. The van der Waals surface area contributed by atoms with Gasteiger partial charge in [0.1, 0.15) is 5.82 Å². The molecule has 6 nitrogen and oxygen atoms in total. The van der Waals surface area contributed by atoms with E-state index in [9.17, 15) is 9.59 Å². The van der Waals surface area contributed by atoms with E-state index < -0.39 is 5.97 Å². The Balaban J connectivity index is 1.52. The third kappa shape index (κ3) is 5.14. The fourth-order valence-electron chi connectivity index (χ4n) is 2.82. The second kappa shape index (κ2) is 9.62. The van der Waals surface area contributed by atoms with Crippen molar-refractivity contribution in [3.05, 3.63) is 71.9 Å². The number of anilines is 1. The van der Waals surface area contributed by atoms with E-state index in [2.05, 4.69) is 10.3 Å². The van der Waals surface area contributed by atoms with Crippen LogP contribution >= 0.6 is 0 Å². The second-order valence-corrected chi connectivity index (χ2v) is 6.28. The van der Waals surface area contributed by atoms with Crippen LogP contribution in [0.1, 0.15) is 28.8 Å². The maximum absolute atomic E-state index is 12.2. The molecule has 1 amide bonds. The number of pyridine rings is 1. The van der Waals surface area contributed by atoms with Crippen molar-refractivity contribution in [3.63, 3.8) is 0 Å². The topological polar surface area (TPSA) is 77.5 Å². The smallest absolute Gasteiger partial charge is 0.337 e.